The molecule has 3 aromatic rings. The second-order valence-electron chi connectivity index (χ2n) is 11.6. The first kappa shape index (κ1) is 33.1. The second kappa shape index (κ2) is 17.5. The maximum Gasteiger partial charge on any atom is 0.317 e. The monoisotopic (exact) mass is 616 g/mol. The van der Waals surface area contributed by atoms with E-state index in [0.29, 0.717) is 30.5 Å². The number of nitrogens with one attached hydrogen (secondary N) is 2. The molecule has 0 spiro atoms. The molecule has 0 radical (unpaired) electrons. The number of hydrogen-bond donors (Lipinski definition) is 3. The lowest BCUT2D eigenvalue weighted by Gasteiger charge is -2.32. The minimum absolute atomic E-state index is 0.105. The van der Waals surface area contributed by atoms with Crippen LogP contribution in [0.1, 0.15) is 56.6 Å². The van der Waals surface area contributed by atoms with Crippen molar-refractivity contribution in [1.29, 1.82) is 0 Å². The van der Waals surface area contributed by atoms with Gasteiger partial charge >= 0.3 is 5.97 Å². The molecule has 0 unspecified atom stereocenters. The number of nitrogens with zero attached hydrogens (tertiary/aromatic N) is 2. The van der Waals surface area contributed by atoms with E-state index in [1.165, 1.54) is 0 Å². The molecule has 4 rings (SSSR count). The Bertz CT molecular complexity index is 1360. The van der Waals surface area contributed by atoms with Crippen molar-refractivity contribution in [3.63, 3.8) is 0 Å². The molecule has 1 aliphatic heterocycles. The first-order chi connectivity index (χ1) is 21.4. The molecule has 1 amide bonds. The zero-order valence-corrected chi connectivity index (χ0v) is 26.4. The van der Waals surface area contributed by atoms with E-state index in [9.17, 15) is 9.59 Å². The van der Waals surface area contributed by atoms with Crippen molar-refractivity contribution in [2.45, 2.75) is 58.4 Å². The molecule has 7 nitrogen and oxygen atoms in total. The highest BCUT2D eigenvalue weighted by atomic mass is 35.5. The van der Waals surface area contributed by atoms with Crippen LogP contribution in [0.25, 0.3) is 0 Å². The molecule has 3 aromatic carbocycles. The van der Waals surface area contributed by atoms with Crippen LogP contribution in [0.5, 0.6) is 0 Å². The van der Waals surface area contributed by atoms with Crippen molar-refractivity contribution in [1.82, 2.24) is 9.80 Å². The minimum atomic E-state index is -0.774. The van der Waals surface area contributed by atoms with Crippen LogP contribution in [0.2, 0.25) is 5.02 Å². The van der Waals surface area contributed by atoms with Gasteiger partial charge in [0.25, 0.3) is 0 Å². The molecule has 3 N–H and O–H groups in total. The third-order valence-corrected chi connectivity index (χ3v) is 8.41. The van der Waals surface area contributed by atoms with E-state index in [1.54, 1.807) is 0 Å². The van der Waals surface area contributed by atoms with E-state index in [4.69, 9.17) is 16.7 Å². The molecule has 1 saturated heterocycles. The molecule has 1 fully saturated rings. The Morgan fingerprint density at radius 2 is 1.66 bits per heavy atom. The molecule has 0 atom stereocenters. The average Bonchev–Trinajstić information content (AvgIpc) is 3.02. The molecule has 1 heterocycles. The highest BCUT2D eigenvalue weighted by molar-refractivity contribution is 6.33. The number of carboxylic acid groups (broad SMARTS) is 1. The lowest BCUT2D eigenvalue weighted by molar-refractivity contribution is -0.138. The molecule has 234 valence electrons. The first-order valence-electron chi connectivity index (χ1n) is 15.7. The summed E-state index contributed by atoms with van der Waals surface area (Å²) in [5, 5.41) is 16.6. The SMILES string of the molecule is CCCC/C=C(\Nc1ccc(CC(=O)N(CCC2CCN(CC(=O)O)CC2)Cc2ccccc2)cc1)Nc1ccccc1Cl. The number of aliphatic carboxylic acids is 1. The molecule has 0 aromatic heterocycles. The Hall–Kier alpha value is -3.81. The molecular formula is C36H45ClN4O3. The van der Waals surface area contributed by atoms with E-state index in [0.717, 1.165) is 79.9 Å². The van der Waals surface area contributed by atoms with E-state index >= 15 is 0 Å². The van der Waals surface area contributed by atoms with Crippen LogP contribution < -0.4 is 10.6 Å². The number of halogens is 1. The summed E-state index contributed by atoms with van der Waals surface area (Å²) in [4.78, 5) is 28.6. The summed E-state index contributed by atoms with van der Waals surface area (Å²) in [7, 11) is 0. The quantitative estimate of drug-likeness (QED) is 0.143. The van der Waals surface area contributed by atoms with Gasteiger partial charge < -0.3 is 20.6 Å². The van der Waals surface area contributed by atoms with Crippen LogP contribution in [-0.4, -0.2) is 53.0 Å². The van der Waals surface area contributed by atoms with Crippen LogP contribution in [0.3, 0.4) is 0 Å². The van der Waals surface area contributed by atoms with Gasteiger partial charge in [0.15, 0.2) is 0 Å². The summed E-state index contributed by atoms with van der Waals surface area (Å²) in [6, 6.07) is 25.9. The van der Waals surface area contributed by atoms with Gasteiger partial charge in [-0.3, -0.25) is 14.5 Å². The van der Waals surface area contributed by atoms with Crippen molar-refractivity contribution in [2.24, 2.45) is 5.92 Å². The van der Waals surface area contributed by atoms with Crippen molar-refractivity contribution in [3.05, 3.63) is 107 Å². The normalized spacial score (nSPS) is 14.3. The number of rotatable bonds is 16. The summed E-state index contributed by atoms with van der Waals surface area (Å²) in [6.07, 6.45) is 8.51. The van der Waals surface area contributed by atoms with Gasteiger partial charge in [-0.25, -0.2) is 0 Å². The Kier molecular flexibility index (Phi) is 13.1. The van der Waals surface area contributed by atoms with E-state index in [1.807, 2.05) is 76.5 Å². The Balaban J connectivity index is 1.37. The van der Waals surface area contributed by atoms with Crippen LogP contribution in [0, 0.1) is 5.92 Å². The van der Waals surface area contributed by atoms with Crippen molar-refractivity contribution < 1.29 is 14.7 Å². The molecule has 0 aliphatic carbocycles. The van der Waals surface area contributed by atoms with Crippen LogP contribution >= 0.6 is 11.6 Å². The van der Waals surface area contributed by atoms with Crippen molar-refractivity contribution in [2.75, 3.05) is 36.8 Å². The predicted molar refractivity (Wildman–Crippen MR) is 180 cm³/mol. The molecular weight excluding hydrogens is 572 g/mol. The highest BCUT2D eigenvalue weighted by Crippen LogP contribution is 2.24. The topological polar surface area (TPSA) is 84.9 Å². The third-order valence-electron chi connectivity index (χ3n) is 8.08. The standard InChI is InChI=1S/C36H45ClN4O3/c1-2-3-5-14-34(39-33-13-9-8-12-32(33)37)38-31-17-15-29(16-18-31)25-35(42)41(26-30-10-6-4-7-11-30)24-21-28-19-22-40(23-20-28)27-36(43)44/h4,6-18,28,38-39H,2-3,5,19-27H2,1H3,(H,43,44)/b34-14+. The number of amides is 1. The zero-order valence-electron chi connectivity index (χ0n) is 25.7. The van der Waals surface area contributed by atoms with Gasteiger partial charge in [0.1, 0.15) is 5.82 Å². The van der Waals surface area contributed by atoms with Gasteiger partial charge in [-0.05, 0) is 92.6 Å². The molecule has 0 bridgehead atoms. The lowest BCUT2D eigenvalue weighted by Crippen LogP contribution is -2.39. The summed E-state index contributed by atoms with van der Waals surface area (Å²) in [5.74, 6) is 0.705. The maximum absolute atomic E-state index is 13.6. The Labute approximate surface area is 266 Å². The fourth-order valence-electron chi connectivity index (χ4n) is 5.50. The number of unbranched alkanes of at least 4 members (excludes halogenated alkanes) is 2. The maximum atomic E-state index is 13.6. The van der Waals surface area contributed by atoms with Crippen molar-refractivity contribution >= 4 is 34.9 Å². The Morgan fingerprint density at radius 3 is 2.34 bits per heavy atom. The average molecular weight is 617 g/mol. The zero-order chi connectivity index (χ0) is 31.1. The summed E-state index contributed by atoms with van der Waals surface area (Å²) < 4.78 is 0. The van der Waals surface area contributed by atoms with Gasteiger partial charge in [-0.1, -0.05) is 79.5 Å². The van der Waals surface area contributed by atoms with Gasteiger partial charge in [-0.15, -0.1) is 0 Å². The summed E-state index contributed by atoms with van der Waals surface area (Å²) in [6.45, 7) is 5.15. The first-order valence-corrected chi connectivity index (χ1v) is 16.1. The number of para-hydroxylation sites is 1. The summed E-state index contributed by atoms with van der Waals surface area (Å²) in [5.41, 5.74) is 3.86. The molecule has 44 heavy (non-hydrogen) atoms. The molecule has 8 heteroatoms. The van der Waals surface area contributed by atoms with Gasteiger partial charge in [0.05, 0.1) is 23.7 Å². The number of allylic oxidation sites excluding steroid dienone is 1. The van der Waals surface area contributed by atoms with Crippen LogP contribution in [0.15, 0.2) is 90.8 Å². The van der Waals surface area contributed by atoms with Crippen LogP contribution in [-0.2, 0) is 22.6 Å². The third kappa shape index (κ3) is 11.0. The van der Waals surface area contributed by atoms with E-state index < -0.39 is 5.97 Å². The van der Waals surface area contributed by atoms with Gasteiger partial charge in [0.2, 0.25) is 5.91 Å². The Morgan fingerprint density at radius 1 is 0.955 bits per heavy atom. The number of benzene rings is 3. The summed E-state index contributed by atoms with van der Waals surface area (Å²) >= 11 is 6.39. The van der Waals surface area contributed by atoms with Gasteiger partial charge in [0, 0.05) is 18.8 Å². The minimum Gasteiger partial charge on any atom is -0.480 e. The number of carboxylic acids is 1. The lowest BCUT2D eigenvalue weighted by atomic mass is 9.93. The van der Waals surface area contributed by atoms with E-state index in [2.05, 4.69) is 35.8 Å². The second-order valence-corrected chi connectivity index (χ2v) is 12.0. The number of anilines is 2. The molecule has 0 saturated carbocycles. The smallest absolute Gasteiger partial charge is 0.317 e. The number of hydrogen-bond acceptors (Lipinski definition) is 5. The highest BCUT2D eigenvalue weighted by Gasteiger charge is 2.23. The largest absolute Gasteiger partial charge is 0.480 e. The number of carbonyl (C=O) groups is 2. The van der Waals surface area contributed by atoms with Gasteiger partial charge in [-0.2, -0.15) is 0 Å². The fourth-order valence-corrected chi connectivity index (χ4v) is 5.68. The fraction of sp³-hybridized carbons (Fsp3) is 0.389. The van der Waals surface area contributed by atoms with E-state index in [-0.39, 0.29) is 12.5 Å². The van der Waals surface area contributed by atoms with Crippen LogP contribution in [0.4, 0.5) is 11.4 Å². The number of piperidine rings is 1. The number of carbonyl (C=O) groups excluding carboxylic acids is 1. The molecule has 1 aliphatic rings. The predicted octanol–water partition coefficient (Wildman–Crippen LogP) is 7.65. The van der Waals surface area contributed by atoms with Crippen molar-refractivity contribution in [3.8, 4) is 0 Å². The number of likely N-dealkylation sites (tertiary alicyclic amines) is 1.